The summed E-state index contributed by atoms with van der Waals surface area (Å²) in [5.41, 5.74) is 1.01. The average molecular weight is 257 g/mol. The van der Waals surface area contributed by atoms with Gasteiger partial charge in [0.05, 0.1) is 30.4 Å². The predicted octanol–water partition coefficient (Wildman–Crippen LogP) is 1.04. The summed E-state index contributed by atoms with van der Waals surface area (Å²) in [5, 5.41) is 2.88. The minimum Gasteiger partial charge on any atom is -0.487 e. The second kappa shape index (κ2) is 4.40. The van der Waals surface area contributed by atoms with Crippen LogP contribution in [0.15, 0.2) is 12.4 Å². The van der Waals surface area contributed by atoms with Gasteiger partial charge in [-0.15, -0.1) is 0 Å². The van der Waals surface area contributed by atoms with Gasteiger partial charge in [-0.3, -0.25) is 9.71 Å². The summed E-state index contributed by atoms with van der Waals surface area (Å²) in [5.74, 6) is 0.463. The number of sulfonamides is 1. The number of pyridine rings is 1. The van der Waals surface area contributed by atoms with Gasteiger partial charge in [-0.1, -0.05) is 0 Å². The molecule has 1 heterocycles. The van der Waals surface area contributed by atoms with E-state index in [0.717, 1.165) is 19.1 Å². The standard InChI is InChI=1S/C10H15N3O3S/c1-11-8-5-12-6-9(16-7-3-4-7)10(8)13-17(2,14)15/h5-7,11H,3-4H2,1-2H3,(H,12,13). The van der Waals surface area contributed by atoms with Gasteiger partial charge >= 0.3 is 0 Å². The van der Waals surface area contributed by atoms with Crippen molar-refractivity contribution >= 4 is 21.4 Å². The topological polar surface area (TPSA) is 80.3 Å². The first-order chi connectivity index (χ1) is 7.99. The van der Waals surface area contributed by atoms with Crippen LogP contribution in [0, 0.1) is 0 Å². The fourth-order valence-electron chi connectivity index (χ4n) is 1.38. The lowest BCUT2D eigenvalue weighted by molar-refractivity contribution is 0.304. The van der Waals surface area contributed by atoms with Crippen molar-refractivity contribution in [2.45, 2.75) is 18.9 Å². The molecule has 94 valence electrons. The van der Waals surface area contributed by atoms with Crippen molar-refractivity contribution in [3.05, 3.63) is 12.4 Å². The first-order valence-electron chi connectivity index (χ1n) is 5.30. The van der Waals surface area contributed by atoms with Crippen LogP contribution in [0.4, 0.5) is 11.4 Å². The Bertz CT molecular complexity index is 512. The molecule has 0 spiro atoms. The van der Waals surface area contributed by atoms with Crippen LogP contribution in [0.2, 0.25) is 0 Å². The molecule has 0 aliphatic heterocycles. The van der Waals surface area contributed by atoms with E-state index in [4.69, 9.17) is 4.74 Å². The van der Waals surface area contributed by atoms with Gasteiger partial charge in [-0.2, -0.15) is 0 Å². The normalized spacial score (nSPS) is 15.4. The van der Waals surface area contributed by atoms with Crippen molar-refractivity contribution in [3.8, 4) is 5.75 Å². The van der Waals surface area contributed by atoms with E-state index in [9.17, 15) is 8.42 Å². The number of hydrogen-bond donors (Lipinski definition) is 2. The van der Waals surface area contributed by atoms with Gasteiger partial charge in [0, 0.05) is 7.05 Å². The first-order valence-corrected chi connectivity index (χ1v) is 7.19. The first kappa shape index (κ1) is 12.0. The Morgan fingerprint density at radius 2 is 2.12 bits per heavy atom. The number of hydrogen-bond acceptors (Lipinski definition) is 5. The van der Waals surface area contributed by atoms with Crippen LogP contribution in [-0.2, 0) is 10.0 Å². The molecule has 0 bridgehead atoms. The van der Waals surface area contributed by atoms with Crippen LogP contribution >= 0.6 is 0 Å². The SMILES string of the molecule is CNc1cncc(OC2CC2)c1NS(C)(=O)=O. The molecule has 0 aromatic carbocycles. The number of ether oxygens (including phenoxy) is 1. The number of anilines is 2. The lowest BCUT2D eigenvalue weighted by Crippen LogP contribution is -2.13. The van der Waals surface area contributed by atoms with Crippen LogP contribution < -0.4 is 14.8 Å². The van der Waals surface area contributed by atoms with Gasteiger partial charge < -0.3 is 10.1 Å². The maximum Gasteiger partial charge on any atom is 0.230 e. The van der Waals surface area contributed by atoms with E-state index in [-0.39, 0.29) is 6.10 Å². The van der Waals surface area contributed by atoms with Crippen molar-refractivity contribution in [3.63, 3.8) is 0 Å². The molecule has 0 atom stereocenters. The molecule has 1 aromatic rings. The van der Waals surface area contributed by atoms with E-state index in [1.165, 1.54) is 6.20 Å². The van der Waals surface area contributed by atoms with Gasteiger partial charge in [-0.25, -0.2) is 8.42 Å². The van der Waals surface area contributed by atoms with E-state index in [2.05, 4.69) is 15.0 Å². The molecule has 0 saturated heterocycles. The molecule has 6 nitrogen and oxygen atoms in total. The summed E-state index contributed by atoms with van der Waals surface area (Å²) in [6.07, 6.45) is 6.36. The highest BCUT2D eigenvalue weighted by Gasteiger charge is 2.26. The lowest BCUT2D eigenvalue weighted by Gasteiger charge is -2.14. The molecule has 0 amide bonds. The largest absolute Gasteiger partial charge is 0.487 e. The second-order valence-corrected chi connectivity index (χ2v) is 5.75. The Balaban J connectivity index is 2.35. The summed E-state index contributed by atoms with van der Waals surface area (Å²) in [4.78, 5) is 4.00. The fourth-order valence-corrected chi connectivity index (χ4v) is 1.96. The molecule has 1 saturated carbocycles. The van der Waals surface area contributed by atoms with Gasteiger partial charge in [0.25, 0.3) is 0 Å². The van der Waals surface area contributed by atoms with Gasteiger partial charge in [0.2, 0.25) is 10.0 Å². The molecule has 17 heavy (non-hydrogen) atoms. The minimum atomic E-state index is -3.35. The van der Waals surface area contributed by atoms with E-state index >= 15 is 0 Å². The molecular weight excluding hydrogens is 242 g/mol. The third kappa shape index (κ3) is 3.23. The number of nitrogens with one attached hydrogen (secondary N) is 2. The zero-order valence-corrected chi connectivity index (χ0v) is 10.5. The Kier molecular flexibility index (Phi) is 3.10. The molecule has 2 N–H and O–H groups in total. The highest BCUT2D eigenvalue weighted by atomic mass is 32.2. The van der Waals surface area contributed by atoms with Gasteiger partial charge in [0.1, 0.15) is 5.69 Å². The highest BCUT2D eigenvalue weighted by Crippen LogP contribution is 2.36. The summed E-state index contributed by atoms with van der Waals surface area (Å²) in [6, 6.07) is 0. The molecule has 0 radical (unpaired) electrons. The van der Waals surface area contributed by atoms with E-state index < -0.39 is 10.0 Å². The molecular formula is C10H15N3O3S. The molecule has 1 aliphatic rings. The van der Waals surface area contributed by atoms with Crippen LogP contribution in [0.25, 0.3) is 0 Å². The second-order valence-electron chi connectivity index (χ2n) is 4.00. The van der Waals surface area contributed by atoms with E-state index in [1.54, 1.807) is 13.2 Å². The summed E-state index contributed by atoms with van der Waals surface area (Å²) in [6.45, 7) is 0. The Morgan fingerprint density at radius 3 is 2.65 bits per heavy atom. The summed E-state index contributed by atoms with van der Waals surface area (Å²) < 4.78 is 30.7. The maximum atomic E-state index is 11.3. The monoisotopic (exact) mass is 257 g/mol. The fraction of sp³-hybridized carbons (Fsp3) is 0.500. The van der Waals surface area contributed by atoms with E-state index in [0.29, 0.717) is 17.1 Å². The minimum absolute atomic E-state index is 0.184. The van der Waals surface area contributed by atoms with Crippen LogP contribution in [0.1, 0.15) is 12.8 Å². The predicted molar refractivity (Wildman–Crippen MR) is 65.9 cm³/mol. The molecule has 0 unspecified atom stereocenters. The Hall–Kier alpha value is -1.50. The zero-order valence-electron chi connectivity index (χ0n) is 9.73. The van der Waals surface area contributed by atoms with Crippen LogP contribution in [-0.4, -0.2) is 32.8 Å². The van der Waals surface area contributed by atoms with Gasteiger partial charge in [0.15, 0.2) is 5.75 Å². The number of aromatic nitrogens is 1. The molecule has 1 aliphatic carbocycles. The zero-order chi connectivity index (χ0) is 12.5. The van der Waals surface area contributed by atoms with Crippen molar-refractivity contribution in [2.75, 3.05) is 23.3 Å². The number of nitrogens with zero attached hydrogens (tertiary/aromatic N) is 1. The molecule has 1 aromatic heterocycles. The van der Waals surface area contributed by atoms with Crippen molar-refractivity contribution in [1.82, 2.24) is 4.98 Å². The van der Waals surface area contributed by atoms with Crippen LogP contribution in [0.5, 0.6) is 5.75 Å². The summed E-state index contributed by atoms with van der Waals surface area (Å²) in [7, 11) is -1.65. The van der Waals surface area contributed by atoms with E-state index in [1.807, 2.05) is 0 Å². The average Bonchev–Trinajstić information content (AvgIpc) is 3.02. The van der Waals surface area contributed by atoms with Gasteiger partial charge in [-0.05, 0) is 12.8 Å². The van der Waals surface area contributed by atoms with Crippen molar-refractivity contribution < 1.29 is 13.2 Å². The molecule has 7 heteroatoms. The number of rotatable bonds is 5. The summed E-state index contributed by atoms with van der Waals surface area (Å²) >= 11 is 0. The lowest BCUT2D eigenvalue weighted by atomic mass is 10.3. The van der Waals surface area contributed by atoms with Crippen molar-refractivity contribution in [1.29, 1.82) is 0 Å². The Morgan fingerprint density at radius 1 is 1.41 bits per heavy atom. The smallest absolute Gasteiger partial charge is 0.230 e. The Labute approximate surface area is 100 Å². The van der Waals surface area contributed by atoms with Crippen molar-refractivity contribution in [2.24, 2.45) is 0 Å². The maximum absolute atomic E-state index is 11.3. The molecule has 2 rings (SSSR count). The highest BCUT2D eigenvalue weighted by molar-refractivity contribution is 7.92. The molecule has 1 fully saturated rings. The van der Waals surface area contributed by atoms with Crippen LogP contribution in [0.3, 0.4) is 0 Å². The quantitative estimate of drug-likeness (QED) is 0.823. The third-order valence-electron chi connectivity index (χ3n) is 2.29. The third-order valence-corrected chi connectivity index (χ3v) is 2.86.